The molecule has 1 unspecified atom stereocenters. The van der Waals surface area contributed by atoms with E-state index in [1.165, 1.54) is 17.7 Å². The van der Waals surface area contributed by atoms with Gasteiger partial charge in [-0.15, -0.1) is 0 Å². The highest BCUT2D eigenvalue weighted by Gasteiger charge is 2.28. The molecule has 0 radical (unpaired) electrons. The summed E-state index contributed by atoms with van der Waals surface area (Å²) in [5.74, 6) is 0. The fourth-order valence-corrected chi connectivity index (χ4v) is 1.97. The van der Waals surface area contributed by atoms with Crippen LogP contribution in [0.25, 0.3) is 0 Å². The Bertz CT molecular complexity index is 378. The van der Waals surface area contributed by atoms with Gasteiger partial charge in [-0.1, -0.05) is 19.1 Å². The summed E-state index contributed by atoms with van der Waals surface area (Å²) in [5.41, 5.74) is 9.10. The Hall–Kier alpha value is -1.31. The first-order chi connectivity index (χ1) is 7.13. The van der Waals surface area contributed by atoms with Gasteiger partial charge in [0.15, 0.2) is 0 Å². The summed E-state index contributed by atoms with van der Waals surface area (Å²) >= 11 is 0. The monoisotopic (exact) mass is 202 g/mol. The molecular formula is C13H18N2. The van der Waals surface area contributed by atoms with Gasteiger partial charge in [0, 0.05) is 11.4 Å². The zero-order valence-electron chi connectivity index (χ0n) is 9.46. The first kappa shape index (κ1) is 10.2. The largest absolute Gasteiger partial charge is 0.399 e. The van der Waals surface area contributed by atoms with Crippen molar-refractivity contribution >= 4 is 11.4 Å². The summed E-state index contributed by atoms with van der Waals surface area (Å²) < 4.78 is 0. The van der Waals surface area contributed by atoms with E-state index in [-0.39, 0.29) is 5.54 Å². The van der Waals surface area contributed by atoms with Crippen molar-refractivity contribution in [2.45, 2.75) is 38.6 Å². The number of hydrogen-bond acceptors (Lipinski definition) is 2. The van der Waals surface area contributed by atoms with Crippen LogP contribution in [0.3, 0.4) is 0 Å². The molecule has 0 amide bonds. The number of benzene rings is 1. The number of aliphatic imine (C=N–C) groups is 1. The molecule has 1 heterocycles. The third kappa shape index (κ3) is 2.04. The minimum atomic E-state index is 0.163. The molecule has 80 valence electrons. The number of nitrogens with zero attached hydrogens (tertiary/aromatic N) is 1. The van der Waals surface area contributed by atoms with Gasteiger partial charge in [-0.3, -0.25) is 4.99 Å². The van der Waals surface area contributed by atoms with Gasteiger partial charge < -0.3 is 5.73 Å². The van der Waals surface area contributed by atoms with Gasteiger partial charge in [0.25, 0.3) is 0 Å². The van der Waals surface area contributed by atoms with Gasteiger partial charge in [0.05, 0.1) is 5.54 Å². The number of rotatable bonds is 2. The van der Waals surface area contributed by atoms with Crippen molar-refractivity contribution in [3.05, 3.63) is 29.8 Å². The maximum absolute atomic E-state index is 5.66. The lowest BCUT2D eigenvalue weighted by molar-refractivity contribution is 0.455. The molecule has 2 nitrogen and oxygen atoms in total. The molecule has 0 aliphatic carbocycles. The Morgan fingerprint density at radius 2 is 2.00 bits per heavy atom. The highest BCUT2D eigenvalue weighted by molar-refractivity contribution is 6.02. The molecule has 1 aromatic rings. The topological polar surface area (TPSA) is 38.4 Å². The quantitative estimate of drug-likeness (QED) is 0.735. The second-order valence-electron chi connectivity index (χ2n) is 4.53. The van der Waals surface area contributed by atoms with E-state index in [4.69, 9.17) is 10.7 Å². The maximum Gasteiger partial charge on any atom is 0.0584 e. The molecule has 0 bridgehead atoms. The second kappa shape index (κ2) is 3.69. The lowest BCUT2D eigenvalue weighted by atomic mass is 9.96. The molecule has 0 saturated carbocycles. The number of nitrogens with two attached hydrogens (primary N) is 1. The van der Waals surface area contributed by atoms with E-state index in [1.54, 1.807) is 0 Å². The Morgan fingerprint density at radius 3 is 2.53 bits per heavy atom. The average molecular weight is 202 g/mol. The van der Waals surface area contributed by atoms with Crippen molar-refractivity contribution < 1.29 is 0 Å². The number of hydrogen-bond donors (Lipinski definition) is 1. The van der Waals surface area contributed by atoms with E-state index in [0.717, 1.165) is 18.5 Å². The van der Waals surface area contributed by atoms with Crippen LogP contribution in [-0.2, 0) is 0 Å². The fraction of sp³-hybridized carbons (Fsp3) is 0.462. The lowest BCUT2D eigenvalue weighted by Crippen LogP contribution is -2.15. The molecule has 2 rings (SSSR count). The fourth-order valence-electron chi connectivity index (χ4n) is 1.97. The second-order valence-corrected chi connectivity index (χ2v) is 4.53. The predicted octanol–water partition coefficient (Wildman–Crippen LogP) is 3.02. The molecule has 0 aromatic heterocycles. The third-order valence-corrected chi connectivity index (χ3v) is 3.31. The summed E-state index contributed by atoms with van der Waals surface area (Å²) in [7, 11) is 0. The Morgan fingerprint density at radius 1 is 1.33 bits per heavy atom. The van der Waals surface area contributed by atoms with Crippen molar-refractivity contribution in [2.75, 3.05) is 5.73 Å². The smallest absolute Gasteiger partial charge is 0.0584 e. The van der Waals surface area contributed by atoms with E-state index < -0.39 is 0 Å². The molecule has 0 fully saturated rings. The molecule has 0 saturated heterocycles. The van der Waals surface area contributed by atoms with Crippen molar-refractivity contribution in [3.8, 4) is 0 Å². The molecule has 15 heavy (non-hydrogen) atoms. The van der Waals surface area contributed by atoms with E-state index in [2.05, 4.69) is 26.0 Å². The van der Waals surface area contributed by atoms with Crippen LogP contribution in [0.5, 0.6) is 0 Å². The summed E-state index contributed by atoms with van der Waals surface area (Å²) in [6.07, 6.45) is 3.38. The molecular weight excluding hydrogens is 184 g/mol. The SMILES string of the molecule is CCC1(C)CCC(c2ccc(N)cc2)=N1. The van der Waals surface area contributed by atoms with Crippen LogP contribution in [0.2, 0.25) is 0 Å². The molecule has 1 aliphatic heterocycles. The zero-order valence-corrected chi connectivity index (χ0v) is 9.46. The normalized spacial score (nSPS) is 25.3. The number of nitrogen functional groups attached to an aromatic ring is 1. The highest BCUT2D eigenvalue weighted by atomic mass is 14.9. The first-order valence-electron chi connectivity index (χ1n) is 5.58. The van der Waals surface area contributed by atoms with Crippen LogP contribution < -0.4 is 5.73 Å². The average Bonchev–Trinajstić information content (AvgIpc) is 2.63. The van der Waals surface area contributed by atoms with Crippen LogP contribution >= 0.6 is 0 Å². The first-order valence-corrected chi connectivity index (χ1v) is 5.58. The molecule has 1 aliphatic rings. The van der Waals surface area contributed by atoms with Crippen molar-refractivity contribution in [1.29, 1.82) is 0 Å². The Labute approximate surface area is 91.2 Å². The standard InChI is InChI=1S/C13H18N2/c1-3-13(2)9-8-12(15-13)10-4-6-11(14)7-5-10/h4-7H,3,8-9,14H2,1-2H3. The van der Waals surface area contributed by atoms with Crippen molar-refractivity contribution in [3.63, 3.8) is 0 Å². The molecule has 2 N–H and O–H groups in total. The number of anilines is 1. The summed E-state index contributed by atoms with van der Waals surface area (Å²) in [5, 5.41) is 0. The minimum Gasteiger partial charge on any atom is -0.399 e. The molecule has 1 atom stereocenters. The van der Waals surface area contributed by atoms with Gasteiger partial charge in [-0.25, -0.2) is 0 Å². The van der Waals surface area contributed by atoms with Crippen LogP contribution in [0.15, 0.2) is 29.3 Å². The van der Waals surface area contributed by atoms with Gasteiger partial charge in [0.1, 0.15) is 0 Å². The van der Waals surface area contributed by atoms with Crippen LogP contribution in [0.1, 0.15) is 38.7 Å². The van der Waals surface area contributed by atoms with Gasteiger partial charge in [0.2, 0.25) is 0 Å². The zero-order chi connectivity index (χ0) is 10.9. The van der Waals surface area contributed by atoms with E-state index in [1.807, 2.05) is 12.1 Å². The van der Waals surface area contributed by atoms with E-state index in [0.29, 0.717) is 0 Å². The Kier molecular flexibility index (Phi) is 2.51. The van der Waals surface area contributed by atoms with Crippen LogP contribution in [-0.4, -0.2) is 11.3 Å². The van der Waals surface area contributed by atoms with Gasteiger partial charge in [-0.2, -0.15) is 0 Å². The molecule has 2 heteroatoms. The molecule has 0 spiro atoms. The van der Waals surface area contributed by atoms with Crippen molar-refractivity contribution in [2.24, 2.45) is 4.99 Å². The van der Waals surface area contributed by atoms with Gasteiger partial charge >= 0.3 is 0 Å². The third-order valence-electron chi connectivity index (χ3n) is 3.31. The van der Waals surface area contributed by atoms with E-state index >= 15 is 0 Å². The van der Waals surface area contributed by atoms with Crippen LogP contribution in [0.4, 0.5) is 5.69 Å². The summed E-state index contributed by atoms with van der Waals surface area (Å²) in [4.78, 5) is 4.81. The Balaban J connectivity index is 2.26. The van der Waals surface area contributed by atoms with E-state index in [9.17, 15) is 0 Å². The lowest BCUT2D eigenvalue weighted by Gasteiger charge is -2.16. The minimum absolute atomic E-state index is 0.163. The summed E-state index contributed by atoms with van der Waals surface area (Å²) in [6.45, 7) is 4.44. The van der Waals surface area contributed by atoms with Crippen molar-refractivity contribution in [1.82, 2.24) is 0 Å². The highest BCUT2D eigenvalue weighted by Crippen LogP contribution is 2.30. The van der Waals surface area contributed by atoms with Gasteiger partial charge in [-0.05, 0) is 43.9 Å². The van der Waals surface area contributed by atoms with Crippen LogP contribution in [0, 0.1) is 0 Å². The maximum atomic E-state index is 5.66. The molecule has 1 aromatic carbocycles. The summed E-state index contributed by atoms with van der Waals surface area (Å²) in [6, 6.07) is 8.02. The predicted molar refractivity (Wildman–Crippen MR) is 65.3 cm³/mol.